The molecule has 1 amide bonds. The summed E-state index contributed by atoms with van der Waals surface area (Å²) < 4.78 is 6.05. The van der Waals surface area contributed by atoms with E-state index in [4.69, 9.17) is 4.74 Å². The van der Waals surface area contributed by atoms with Crippen molar-refractivity contribution in [2.24, 2.45) is 0 Å². The second-order valence-electron chi connectivity index (χ2n) is 5.17. The van der Waals surface area contributed by atoms with Gasteiger partial charge in [-0.25, -0.2) is 0 Å². The van der Waals surface area contributed by atoms with Crippen molar-refractivity contribution in [2.75, 3.05) is 5.32 Å². The van der Waals surface area contributed by atoms with Gasteiger partial charge in [0.15, 0.2) is 6.10 Å². The van der Waals surface area contributed by atoms with E-state index in [1.807, 2.05) is 24.3 Å². The van der Waals surface area contributed by atoms with Crippen LogP contribution in [0.25, 0.3) is 0 Å². The molecule has 0 bridgehead atoms. The summed E-state index contributed by atoms with van der Waals surface area (Å²) in [7, 11) is 0. The Kier molecular flexibility index (Phi) is 5.92. The summed E-state index contributed by atoms with van der Waals surface area (Å²) in [5.74, 6) is 0.265. The summed E-state index contributed by atoms with van der Waals surface area (Å²) in [6.45, 7) is 3.70. The number of non-ortho nitro benzene ring substituents is 1. The summed E-state index contributed by atoms with van der Waals surface area (Å²) in [4.78, 5) is 22.4. The van der Waals surface area contributed by atoms with Gasteiger partial charge in [-0.2, -0.15) is 0 Å². The van der Waals surface area contributed by atoms with Crippen molar-refractivity contribution in [3.05, 3.63) is 62.6 Å². The van der Waals surface area contributed by atoms with E-state index < -0.39 is 11.0 Å². The third kappa shape index (κ3) is 4.55. The van der Waals surface area contributed by atoms with E-state index in [0.29, 0.717) is 15.9 Å². The lowest BCUT2D eigenvalue weighted by atomic mass is 10.2. The molecular weight excluding hydrogens is 376 g/mol. The zero-order valence-electron chi connectivity index (χ0n) is 13.3. The number of nitro groups is 1. The predicted molar refractivity (Wildman–Crippen MR) is 95.3 cm³/mol. The molecule has 2 aromatic rings. The van der Waals surface area contributed by atoms with E-state index in [1.54, 1.807) is 6.92 Å². The van der Waals surface area contributed by atoms with E-state index in [1.165, 1.54) is 23.8 Å². The van der Waals surface area contributed by atoms with Crippen molar-refractivity contribution in [1.82, 2.24) is 0 Å². The highest BCUT2D eigenvalue weighted by atomic mass is 79.9. The molecule has 2 aromatic carbocycles. The molecule has 0 heterocycles. The predicted octanol–water partition coefficient (Wildman–Crippen LogP) is 4.33. The normalized spacial score (nSPS) is 11.6. The number of ether oxygens (including phenoxy) is 1. The quantitative estimate of drug-likeness (QED) is 0.585. The number of nitro benzene ring substituents is 1. The Morgan fingerprint density at radius 1 is 1.29 bits per heavy atom. The lowest BCUT2D eigenvalue weighted by molar-refractivity contribution is -0.384. The zero-order chi connectivity index (χ0) is 17.7. The van der Waals surface area contributed by atoms with E-state index in [2.05, 4.69) is 28.2 Å². The van der Waals surface area contributed by atoms with Crippen molar-refractivity contribution >= 4 is 33.2 Å². The Balaban J connectivity index is 2.01. The van der Waals surface area contributed by atoms with Crippen LogP contribution >= 0.6 is 15.9 Å². The standard InChI is InChI=1S/C17H17BrN2O4/c1-3-12-4-7-14(8-5-12)24-11(2)17(21)19-16-9-6-13(20(22)23)10-15(16)18/h4-11H,3H2,1-2H3,(H,19,21). The Hall–Kier alpha value is -2.41. The molecule has 0 aliphatic rings. The SMILES string of the molecule is CCc1ccc(OC(C)C(=O)Nc2ccc([N+](=O)[O-])cc2Br)cc1. The number of anilines is 1. The summed E-state index contributed by atoms with van der Waals surface area (Å²) in [5.41, 5.74) is 1.58. The molecule has 7 heteroatoms. The number of carbonyl (C=O) groups excluding carboxylic acids is 1. The molecule has 0 saturated heterocycles. The summed E-state index contributed by atoms with van der Waals surface area (Å²) in [6.07, 6.45) is 0.226. The summed E-state index contributed by atoms with van der Waals surface area (Å²) >= 11 is 3.22. The summed E-state index contributed by atoms with van der Waals surface area (Å²) in [6, 6.07) is 11.7. The molecule has 1 unspecified atom stereocenters. The average Bonchev–Trinajstić information content (AvgIpc) is 2.57. The van der Waals surface area contributed by atoms with Crippen LogP contribution in [-0.4, -0.2) is 16.9 Å². The Morgan fingerprint density at radius 2 is 1.96 bits per heavy atom. The van der Waals surface area contributed by atoms with Crippen LogP contribution < -0.4 is 10.1 Å². The Morgan fingerprint density at radius 3 is 2.50 bits per heavy atom. The highest BCUT2D eigenvalue weighted by Crippen LogP contribution is 2.27. The zero-order valence-corrected chi connectivity index (χ0v) is 14.9. The largest absolute Gasteiger partial charge is 0.481 e. The van der Waals surface area contributed by atoms with Gasteiger partial charge in [0, 0.05) is 16.6 Å². The fourth-order valence-electron chi connectivity index (χ4n) is 2.01. The molecule has 0 radical (unpaired) electrons. The van der Waals surface area contributed by atoms with Crippen molar-refractivity contribution in [2.45, 2.75) is 26.4 Å². The number of nitrogens with zero attached hydrogens (tertiary/aromatic N) is 1. The van der Waals surface area contributed by atoms with Crippen LogP contribution in [0.2, 0.25) is 0 Å². The maximum absolute atomic E-state index is 12.2. The first-order chi connectivity index (χ1) is 11.4. The van der Waals surface area contributed by atoms with Crippen LogP contribution in [0.4, 0.5) is 11.4 Å². The fraction of sp³-hybridized carbons (Fsp3) is 0.235. The van der Waals surface area contributed by atoms with Gasteiger partial charge in [-0.3, -0.25) is 14.9 Å². The van der Waals surface area contributed by atoms with Crippen LogP contribution in [-0.2, 0) is 11.2 Å². The van der Waals surface area contributed by atoms with Crippen LogP contribution in [0.5, 0.6) is 5.75 Å². The van der Waals surface area contributed by atoms with Gasteiger partial charge in [0.25, 0.3) is 11.6 Å². The lowest BCUT2D eigenvalue weighted by Gasteiger charge is -2.15. The first-order valence-electron chi connectivity index (χ1n) is 7.41. The minimum atomic E-state index is -0.709. The van der Waals surface area contributed by atoms with Crippen LogP contribution in [0.15, 0.2) is 46.9 Å². The number of nitrogens with one attached hydrogen (secondary N) is 1. The number of amides is 1. The highest BCUT2D eigenvalue weighted by Gasteiger charge is 2.17. The van der Waals surface area contributed by atoms with Gasteiger partial charge in [-0.15, -0.1) is 0 Å². The second kappa shape index (κ2) is 7.92. The molecule has 24 heavy (non-hydrogen) atoms. The molecular formula is C17H17BrN2O4. The minimum absolute atomic E-state index is 0.0554. The van der Waals surface area contributed by atoms with Gasteiger partial charge in [0.05, 0.1) is 10.6 Å². The number of aryl methyl sites for hydroxylation is 1. The minimum Gasteiger partial charge on any atom is -0.481 e. The lowest BCUT2D eigenvalue weighted by Crippen LogP contribution is -2.30. The van der Waals surface area contributed by atoms with E-state index in [-0.39, 0.29) is 11.6 Å². The molecule has 1 atom stereocenters. The molecule has 1 N–H and O–H groups in total. The molecule has 126 valence electrons. The Bertz CT molecular complexity index is 747. The number of rotatable bonds is 6. The molecule has 0 saturated carbocycles. The monoisotopic (exact) mass is 392 g/mol. The third-order valence-corrected chi connectivity index (χ3v) is 4.09. The van der Waals surface area contributed by atoms with E-state index in [0.717, 1.165) is 6.42 Å². The maximum Gasteiger partial charge on any atom is 0.270 e. The van der Waals surface area contributed by atoms with Gasteiger partial charge in [-0.1, -0.05) is 19.1 Å². The fourth-order valence-corrected chi connectivity index (χ4v) is 2.48. The number of benzene rings is 2. The van der Waals surface area contributed by atoms with Gasteiger partial charge < -0.3 is 10.1 Å². The Labute approximate surface area is 148 Å². The molecule has 0 spiro atoms. The molecule has 0 aliphatic carbocycles. The van der Waals surface area contributed by atoms with E-state index >= 15 is 0 Å². The average molecular weight is 393 g/mol. The topological polar surface area (TPSA) is 81.5 Å². The highest BCUT2D eigenvalue weighted by molar-refractivity contribution is 9.10. The number of halogens is 1. The van der Waals surface area contributed by atoms with Gasteiger partial charge in [-0.05, 0) is 53.0 Å². The molecule has 0 aromatic heterocycles. The third-order valence-electron chi connectivity index (χ3n) is 3.44. The number of carbonyl (C=O) groups is 1. The van der Waals surface area contributed by atoms with Gasteiger partial charge >= 0.3 is 0 Å². The number of hydrogen-bond donors (Lipinski definition) is 1. The smallest absolute Gasteiger partial charge is 0.270 e. The van der Waals surface area contributed by atoms with Crippen molar-refractivity contribution < 1.29 is 14.5 Å². The first kappa shape index (κ1) is 17.9. The molecule has 0 fully saturated rings. The van der Waals surface area contributed by atoms with Crippen LogP contribution in [0.1, 0.15) is 19.4 Å². The molecule has 0 aliphatic heterocycles. The second-order valence-corrected chi connectivity index (χ2v) is 6.02. The van der Waals surface area contributed by atoms with E-state index in [9.17, 15) is 14.9 Å². The van der Waals surface area contributed by atoms with Crippen LogP contribution in [0, 0.1) is 10.1 Å². The summed E-state index contributed by atoms with van der Waals surface area (Å²) in [5, 5.41) is 13.4. The van der Waals surface area contributed by atoms with Crippen molar-refractivity contribution in [1.29, 1.82) is 0 Å². The van der Waals surface area contributed by atoms with Crippen LogP contribution in [0.3, 0.4) is 0 Å². The first-order valence-corrected chi connectivity index (χ1v) is 8.20. The maximum atomic E-state index is 12.2. The van der Waals surface area contributed by atoms with Gasteiger partial charge in [0.2, 0.25) is 0 Å². The number of hydrogen-bond acceptors (Lipinski definition) is 4. The molecule has 2 rings (SSSR count). The van der Waals surface area contributed by atoms with Gasteiger partial charge in [0.1, 0.15) is 5.75 Å². The van der Waals surface area contributed by atoms with Crippen molar-refractivity contribution in [3.63, 3.8) is 0 Å². The molecule has 6 nitrogen and oxygen atoms in total. The van der Waals surface area contributed by atoms with Crippen molar-refractivity contribution in [3.8, 4) is 5.75 Å².